The van der Waals surface area contributed by atoms with Crippen LogP contribution < -0.4 is 4.57 Å². The zero-order valence-electron chi connectivity index (χ0n) is 17.7. The van der Waals surface area contributed by atoms with Crippen LogP contribution in [-0.2, 0) is 11.1 Å². The largest absolute Gasteiger partial charge is 0.673 e. The molecule has 1 aromatic rings. The first-order valence-electron chi connectivity index (χ1n) is 12.2. The van der Waals surface area contributed by atoms with Crippen LogP contribution in [0.15, 0.2) is 18.7 Å². The SMILES string of the molecule is F[B-](F)(F)F.c1c[n+](C23CC4CC(CC(C4)C2)C3)cn1C12CC3CC(CC(C3)C1)C2. The Labute approximate surface area is 176 Å². The maximum absolute atomic E-state index is 9.75. The Hall–Kier alpha value is -1.01. The number of nitrogens with zero attached hydrogens (tertiary/aromatic N) is 2. The standard InChI is InChI=1S/C23H33N2.BF4/c1-2-25(23-12-19-6-20(13-23)8-21(7-19)14-23)15-24(1)22-9-16-3-17(10-22)5-18(4-16)11-22;2-1(3,4)5/h1-2,15-21H,3-14H2;/q+1;-1. The van der Waals surface area contributed by atoms with Crippen molar-refractivity contribution in [2.75, 3.05) is 0 Å². The molecule has 0 unspecified atom stereocenters. The molecule has 8 fully saturated rings. The third kappa shape index (κ3) is 3.33. The van der Waals surface area contributed by atoms with Crippen molar-refractivity contribution in [3.05, 3.63) is 18.7 Å². The Kier molecular flexibility index (Phi) is 4.26. The van der Waals surface area contributed by atoms with Gasteiger partial charge in [0.25, 0.3) is 0 Å². The van der Waals surface area contributed by atoms with Crippen molar-refractivity contribution in [1.82, 2.24) is 4.57 Å². The van der Waals surface area contributed by atoms with E-state index in [1.807, 2.05) is 0 Å². The van der Waals surface area contributed by atoms with E-state index in [1.165, 1.54) is 38.5 Å². The topological polar surface area (TPSA) is 8.81 Å². The van der Waals surface area contributed by atoms with E-state index in [0.29, 0.717) is 11.1 Å². The monoisotopic (exact) mass is 424 g/mol. The van der Waals surface area contributed by atoms with Crippen molar-refractivity contribution >= 4 is 7.25 Å². The van der Waals surface area contributed by atoms with Crippen molar-refractivity contribution in [2.45, 2.75) is 88.1 Å². The zero-order chi connectivity index (χ0) is 20.7. The van der Waals surface area contributed by atoms with Crippen LogP contribution in [-0.4, -0.2) is 11.8 Å². The molecule has 0 N–H and O–H groups in total. The highest BCUT2D eigenvalue weighted by molar-refractivity contribution is 6.50. The fraction of sp³-hybridized carbons (Fsp3) is 0.870. The number of rotatable bonds is 2. The number of halogens is 4. The predicted octanol–water partition coefficient (Wildman–Crippen LogP) is 5.93. The molecule has 7 heteroatoms. The minimum absolute atomic E-state index is 0.502. The molecule has 8 saturated carbocycles. The first-order valence-corrected chi connectivity index (χ1v) is 12.2. The lowest BCUT2D eigenvalue weighted by Crippen LogP contribution is -2.64. The summed E-state index contributed by atoms with van der Waals surface area (Å²) in [6, 6.07) is 0. The van der Waals surface area contributed by atoms with Gasteiger partial charge in [-0.25, -0.2) is 9.13 Å². The summed E-state index contributed by atoms with van der Waals surface area (Å²) in [6.45, 7) is 0. The van der Waals surface area contributed by atoms with Crippen LogP contribution in [0.5, 0.6) is 0 Å². The minimum Gasteiger partial charge on any atom is -0.418 e. The highest BCUT2D eigenvalue weighted by atomic mass is 19.5. The van der Waals surface area contributed by atoms with E-state index < -0.39 is 7.25 Å². The summed E-state index contributed by atoms with van der Waals surface area (Å²) in [6.07, 6.45) is 25.8. The fourth-order valence-electron chi connectivity index (χ4n) is 9.68. The molecule has 1 heterocycles. The summed E-state index contributed by atoms with van der Waals surface area (Å²) in [4.78, 5) is 0. The highest BCUT2D eigenvalue weighted by Gasteiger charge is 2.57. The lowest BCUT2D eigenvalue weighted by Gasteiger charge is -2.55. The molecule has 0 aliphatic heterocycles. The summed E-state index contributed by atoms with van der Waals surface area (Å²) >= 11 is 0. The first kappa shape index (κ1) is 19.7. The van der Waals surface area contributed by atoms with Crippen LogP contribution >= 0.6 is 0 Å². The number of imidazole rings is 1. The van der Waals surface area contributed by atoms with Gasteiger partial charge < -0.3 is 17.3 Å². The second kappa shape index (κ2) is 6.51. The Morgan fingerprint density at radius 2 is 1.03 bits per heavy atom. The molecule has 0 spiro atoms. The molecular formula is C23H33BF4N2. The molecule has 8 aliphatic rings. The van der Waals surface area contributed by atoms with Crippen molar-refractivity contribution in [1.29, 1.82) is 0 Å². The molecule has 0 aromatic carbocycles. The molecular weight excluding hydrogens is 391 g/mol. The Morgan fingerprint density at radius 3 is 1.43 bits per heavy atom. The molecule has 0 atom stereocenters. The van der Waals surface area contributed by atoms with Gasteiger partial charge in [0.2, 0.25) is 6.33 Å². The summed E-state index contributed by atoms with van der Waals surface area (Å²) in [7, 11) is -6.00. The van der Waals surface area contributed by atoms with Gasteiger partial charge in [-0.15, -0.1) is 0 Å². The third-order valence-electron chi connectivity index (χ3n) is 9.74. The van der Waals surface area contributed by atoms with E-state index in [4.69, 9.17) is 0 Å². The minimum atomic E-state index is -6.00. The Morgan fingerprint density at radius 1 is 0.667 bits per heavy atom. The second-order valence-corrected chi connectivity index (χ2v) is 12.0. The lowest BCUT2D eigenvalue weighted by molar-refractivity contribution is -0.776. The zero-order valence-corrected chi connectivity index (χ0v) is 17.7. The van der Waals surface area contributed by atoms with Crippen LogP contribution in [0.25, 0.3) is 0 Å². The number of hydrogen-bond acceptors (Lipinski definition) is 0. The average Bonchev–Trinajstić information content (AvgIpc) is 3.09. The maximum Gasteiger partial charge on any atom is 0.673 e. The van der Waals surface area contributed by atoms with Crippen LogP contribution in [0.3, 0.4) is 0 Å². The molecule has 9 rings (SSSR count). The molecule has 0 radical (unpaired) electrons. The van der Waals surface area contributed by atoms with E-state index in [2.05, 4.69) is 27.9 Å². The van der Waals surface area contributed by atoms with Gasteiger partial charge in [0.15, 0.2) is 0 Å². The van der Waals surface area contributed by atoms with Gasteiger partial charge in [0.05, 0.1) is 0 Å². The van der Waals surface area contributed by atoms with Gasteiger partial charge in [-0.05, 0) is 113 Å². The van der Waals surface area contributed by atoms with E-state index in [1.54, 1.807) is 38.5 Å². The fourth-order valence-corrected chi connectivity index (χ4v) is 9.68. The number of aromatic nitrogens is 2. The van der Waals surface area contributed by atoms with Gasteiger partial charge in [-0.1, -0.05) is 0 Å². The molecule has 1 aromatic heterocycles. The molecule has 166 valence electrons. The summed E-state index contributed by atoms with van der Waals surface area (Å²) in [5.74, 6) is 6.26. The van der Waals surface area contributed by atoms with Gasteiger partial charge in [0.1, 0.15) is 23.5 Å². The van der Waals surface area contributed by atoms with E-state index in [9.17, 15) is 17.3 Å². The van der Waals surface area contributed by atoms with Crippen LogP contribution in [0, 0.1) is 35.5 Å². The molecule has 2 nitrogen and oxygen atoms in total. The van der Waals surface area contributed by atoms with Crippen molar-refractivity contribution in [3.8, 4) is 0 Å². The van der Waals surface area contributed by atoms with Gasteiger partial charge in [-0.3, -0.25) is 0 Å². The molecule has 0 saturated heterocycles. The van der Waals surface area contributed by atoms with Crippen molar-refractivity contribution < 1.29 is 21.8 Å². The lowest BCUT2D eigenvalue weighted by atomic mass is 9.53. The quantitative estimate of drug-likeness (QED) is 0.316. The molecule has 0 amide bonds. The van der Waals surface area contributed by atoms with E-state index in [0.717, 1.165) is 35.5 Å². The molecule has 30 heavy (non-hydrogen) atoms. The number of hydrogen-bond donors (Lipinski definition) is 0. The van der Waals surface area contributed by atoms with E-state index >= 15 is 0 Å². The second-order valence-electron chi connectivity index (χ2n) is 12.0. The van der Waals surface area contributed by atoms with Gasteiger partial charge >= 0.3 is 7.25 Å². The van der Waals surface area contributed by atoms with Crippen LogP contribution in [0.2, 0.25) is 0 Å². The predicted molar refractivity (Wildman–Crippen MR) is 107 cm³/mol. The normalized spacial score (nSPS) is 48.0. The van der Waals surface area contributed by atoms with Crippen molar-refractivity contribution in [3.63, 3.8) is 0 Å². The Balaban J connectivity index is 0.000000318. The third-order valence-corrected chi connectivity index (χ3v) is 9.74. The smallest absolute Gasteiger partial charge is 0.418 e. The van der Waals surface area contributed by atoms with E-state index in [-0.39, 0.29) is 0 Å². The highest BCUT2D eigenvalue weighted by Crippen LogP contribution is 2.59. The Bertz CT molecular complexity index is 681. The van der Waals surface area contributed by atoms with Crippen molar-refractivity contribution in [2.24, 2.45) is 35.5 Å². The first-order chi connectivity index (χ1) is 14.2. The maximum atomic E-state index is 9.75. The summed E-state index contributed by atoms with van der Waals surface area (Å²) in [5, 5.41) is 0. The summed E-state index contributed by atoms with van der Waals surface area (Å²) < 4.78 is 44.5. The molecule has 8 bridgehead atoms. The molecule has 8 aliphatic carbocycles. The average molecular weight is 424 g/mol. The van der Waals surface area contributed by atoms with Crippen LogP contribution in [0.4, 0.5) is 17.3 Å². The van der Waals surface area contributed by atoms with Gasteiger partial charge in [-0.2, -0.15) is 0 Å². The van der Waals surface area contributed by atoms with Crippen LogP contribution in [0.1, 0.15) is 77.0 Å². The summed E-state index contributed by atoms with van der Waals surface area (Å²) in [5.41, 5.74) is 1.00. The van der Waals surface area contributed by atoms with Gasteiger partial charge in [0, 0.05) is 0 Å².